The molecule has 4 aliphatic rings. The molecule has 17 nitrogen and oxygen atoms in total. The van der Waals surface area contributed by atoms with E-state index in [4.69, 9.17) is 18.5 Å². The number of hydrogen-bond acceptors (Lipinski definition) is 15. The van der Waals surface area contributed by atoms with Gasteiger partial charge in [0.15, 0.2) is 28.8 Å². The van der Waals surface area contributed by atoms with Crippen LogP contribution < -0.4 is 0 Å². The lowest BCUT2D eigenvalue weighted by molar-refractivity contribution is -0.870. The molecule has 306 valence electrons. The van der Waals surface area contributed by atoms with Crippen LogP contribution in [-0.4, -0.2) is 97.6 Å². The van der Waals surface area contributed by atoms with E-state index in [1.165, 1.54) is 0 Å². The van der Waals surface area contributed by atoms with Crippen molar-refractivity contribution in [1.29, 1.82) is 0 Å². The Bertz CT molecular complexity index is 1380. The maximum Gasteiger partial charge on any atom is 0.472 e. The van der Waals surface area contributed by atoms with Gasteiger partial charge in [0.1, 0.15) is 19.8 Å². The third-order valence-electron chi connectivity index (χ3n) is 10.3. The molecule has 0 aromatic heterocycles. The second kappa shape index (κ2) is 20.0. The quantitative estimate of drug-likeness (QED) is 0.0288. The lowest BCUT2D eigenvalue weighted by Crippen LogP contribution is -2.37. The first kappa shape index (κ1) is 44.1. The lowest BCUT2D eigenvalue weighted by Gasteiger charge is -2.24. The maximum atomic E-state index is 12.8. The molecule has 4 heterocycles. The smallest absolute Gasteiger partial charge is 0.462 e. The molecule has 0 spiro atoms. The minimum absolute atomic E-state index is 0.00557. The van der Waals surface area contributed by atoms with Gasteiger partial charge >= 0.3 is 19.8 Å². The van der Waals surface area contributed by atoms with E-state index < -0.39 is 32.5 Å². The summed E-state index contributed by atoms with van der Waals surface area (Å²) < 4.78 is 34.3. The number of ether oxygens (including phenoxy) is 2. The van der Waals surface area contributed by atoms with Crippen LogP contribution in [0.4, 0.5) is 0 Å². The van der Waals surface area contributed by atoms with Crippen molar-refractivity contribution in [1.82, 2.24) is 0 Å². The molecule has 0 fully saturated rings. The molecule has 4 aliphatic heterocycles. The molecule has 18 heteroatoms. The predicted octanol–water partition coefficient (Wildman–Crippen LogP) is 8.77. The molecule has 1 N–H and O–H groups in total. The van der Waals surface area contributed by atoms with Crippen molar-refractivity contribution in [2.24, 2.45) is 40.9 Å². The van der Waals surface area contributed by atoms with E-state index in [0.29, 0.717) is 23.9 Å². The summed E-state index contributed by atoms with van der Waals surface area (Å²) >= 11 is 0. The molecule has 0 amide bonds. The number of hydrogen-bond donors (Lipinski definition) is 1. The summed E-state index contributed by atoms with van der Waals surface area (Å²) in [5.41, 5.74) is -1.07. The van der Waals surface area contributed by atoms with E-state index in [1.54, 1.807) is 0 Å². The molecule has 0 saturated carbocycles. The topological polar surface area (TPSA) is 207 Å². The molecule has 0 radical (unpaired) electrons. The molecule has 0 saturated heterocycles. The van der Waals surface area contributed by atoms with Gasteiger partial charge in [-0.15, -0.1) is 0 Å². The van der Waals surface area contributed by atoms with Crippen LogP contribution in [-0.2, 0) is 32.7 Å². The molecule has 2 atom stereocenters. The first-order chi connectivity index (χ1) is 25.6. The third-order valence-corrected chi connectivity index (χ3v) is 11.3. The second-order valence-corrected chi connectivity index (χ2v) is 17.9. The van der Waals surface area contributed by atoms with E-state index in [9.17, 15) is 19.0 Å². The van der Waals surface area contributed by atoms with E-state index in [1.807, 2.05) is 21.1 Å². The van der Waals surface area contributed by atoms with Gasteiger partial charge in [-0.2, -0.15) is 40.9 Å². The van der Waals surface area contributed by atoms with Crippen molar-refractivity contribution in [2.45, 2.75) is 171 Å². The number of unbranched alkanes of at least 4 members (excludes halogenated alkanes) is 4. The summed E-state index contributed by atoms with van der Waals surface area (Å²) in [4.78, 5) is 35.7. The Morgan fingerprint density at radius 1 is 0.593 bits per heavy atom. The van der Waals surface area contributed by atoms with Crippen molar-refractivity contribution in [3.63, 3.8) is 0 Å². The fourth-order valence-electron chi connectivity index (χ4n) is 6.43. The standard InChI is InChI=1S/C36H64N9O8P/c1-6-8-18-33(37-38-33)22-14-24-35(41-42-35)20-12-10-16-31(46)50-28-30(29-52-54(48,49)51-27-26-45(3,4)5)53-32(47)17-11-13-21-36(43-44-36)25-15-23-34(39-40-34)19-9-7-2/h30H,6-29H2,1-5H3/p+1. The van der Waals surface area contributed by atoms with Crippen molar-refractivity contribution >= 4 is 19.8 Å². The molecular formula is C36H65N9O8P+. The Balaban J connectivity index is 1.13. The molecule has 0 aliphatic carbocycles. The summed E-state index contributed by atoms with van der Waals surface area (Å²) in [5, 5.41) is 34.3. The molecule has 54 heavy (non-hydrogen) atoms. The first-order valence-electron chi connectivity index (χ1n) is 20.2. The highest BCUT2D eigenvalue weighted by atomic mass is 31.2. The monoisotopic (exact) mass is 782 g/mol. The van der Waals surface area contributed by atoms with Crippen LogP contribution in [0.25, 0.3) is 0 Å². The van der Waals surface area contributed by atoms with Gasteiger partial charge < -0.3 is 18.9 Å². The number of likely N-dealkylation sites (N-methyl/N-ethyl adjacent to an activating group) is 1. The van der Waals surface area contributed by atoms with Gasteiger partial charge in [0, 0.05) is 12.8 Å². The number of rotatable bonds is 34. The molecule has 0 aromatic carbocycles. The highest BCUT2D eigenvalue weighted by Crippen LogP contribution is 2.45. The highest BCUT2D eigenvalue weighted by Gasteiger charge is 2.44. The molecular weight excluding hydrogens is 717 g/mol. The SMILES string of the molecule is CCCCC1(CCCC2(CCCCC(=O)OCC(COP(=O)(O)OCC[N+](C)(C)C)OC(=O)CCCCC3(CCCC4(CCCC)N=N4)N=N3)N=N2)N=N1. The van der Waals surface area contributed by atoms with E-state index >= 15 is 0 Å². The Labute approximate surface area is 320 Å². The molecule has 4 rings (SSSR count). The summed E-state index contributed by atoms with van der Waals surface area (Å²) in [7, 11) is 1.35. The van der Waals surface area contributed by atoms with E-state index in [0.717, 1.165) is 103 Å². The van der Waals surface area contributed by atoms with Crippen molar-refractivity contribution in [2.75, 3.05) is 47.5 Å². The Kier molecular flexibility index (Phi) is 16.4. The number of carbonyl (C=O) groups is 2. The number of carbonyl (C=O) groups excluding carboxylic acids is 2. The van der Waals surface area contributed by atoms with Crippen LogP contribution in [0, 0.1) is 0 Å². The summed E-state index contributed by atoms with van der Waals surface area (Å²) in [6, 6.07) is 0. The Morgan fingerprint density at radius 2 is 1.00 bits per heavy atom. The van der Waals surface area contributed by atoms with Gasteiger partial charge in [-0.25, -0.2) is 4.57 Å². The van der Waals surface area contributed by atoms with Crippen molar-refractivity contribution in [3.8, 4) is 0 Å². The average Bonchev–Trinajstić information content (AvgIpc) is 3.93. The van der Waals surface area contributed by atoms with Crippen LogP contribution in [0.3, 0.4) is 0 Å². The van der Waals surface area contributed by atoms with Crippen LogP contribution in [0.1, 0.15) is 142 Å². The van der Waals surface area contributed by atoms with Crippen LogP contribution in [0.15, 0.2) is 40.9 Å². The van der Waals surface area contributed by atoms with Crippen LogP contribution >= 0.6 is 7.82 Å². The van der Waals surface area contributed by atoms with Gasteiger partial charge in [-0.1, -0.05) is 26.7 Å². The molecule has 2 unspecified atom stereocenters. The van der Waals surface area contributed by atoms with Gasteiger partial charge in [-0.3, -0.25) is 18.6 Å². The minimum Gasteiger partial charge on any atom is -0.462 e. The lowest BCUT2D eigenvalue weighted by atomic mass is 9.94. The van der Waals surface area contributed by atoms with Gasteiger partial charge in [0.05, 0.1) is 27.7 Å². The predicted molar refractivity (Wildman–Crippen MR) is 200 cm³/mol. The maximum absolute atomic E-state index is 12.8. The van der Waals surface area contributed by atoms with Crippen molar-refractivity contribution < 1.29 is 42.1 Å². The molecule has 0 aromatic rings. The van der Waals surface area contributed by atoms with Crippen molar-refractivity contribution in [3.05, 3.63) is 0 Å². The Morgan fingerprint density at radius 3 is 1.41 bits per heavy atom. The van der Waals surface area contributed by atoms with Crippen LogP contribution in [0.2, 0.25) is 0 Å². The number of quaternary nitrogens is 1. The normalized spacial score (nSPS) is 20.3. The highest BCUT2D eigenvalue weighted by molar-refractivity contribution is 7.47. The average molecular weight is 783 g/mol. The van der Waals surface area contributed by atoms with E-state index in [-0.39, 0.29) is 48.7 Å². The molecule has 0 bridgehead atoms. The number of phosphoric acid groups is 1. The van der Waals surface area contributed by atoms with Gasteiger partial charge in [0.25, 0.3) is 0 Å². The largest absolute Gasteiger partial charge is 0.472 e. The van der Waals surface area contributed by atoms with Gasteiger partial charge in [-0.05, 0) is 103 Å². The number of phosphoric ester groups is 1. The Hall–Kier alpha value is -2.59. The van der Waals surface area contributed by atoms with Gasteiger partial charge in [0.2, 0.25) is 0 Å². The zero-order valence-corrected chi connectivity index (χ0v) is 34.2. The first-order valence-corrected chi connectivity index (χ1v) is 21.7. The summed E-state index contributed by atoms with van der Waals surface area (Å²) in [6.45, 7) is 4.03. The number of esters is 2. The zero-order valence-electron chi connectivity index (χ0n) is 33.3. The summed E-state index contributed by atoms with van der Waals surface area (Å²) in [5.74, 6) is -0.979. The number of nitrogens with zero attached hydrogens (tertiary/aromatic N) is 9. The minimum atomic E-state index is -4.44. The second-order valence-electron chi connectivity index (χ2n) is 16.5. The summed E-state index contributed by atoms with van der Waals surface area (Å²) in [6.07, 6.45) is 15.3. The fraction of sp³-hybridized carbons (Fsp3) is 0.944. The fourth-order valence-corrected chi connectivity index (χ4v) is 7.17. The zero-order chi connectivity index (χ0) is 39.2. The van der Waals surface area contributed by atoms with Crippen LogP contribution in [0.5, 0.6) is 0 Å². The third kappa shape index (κ3) is 17.1. The van der Waals surface area contributed by atoms with E-state index in [2.05, 4.69) is 54.8 Å².